The molecule has 0 radical (unpaired) electrons. The molecule has 0 saturated heterocycles. The van der Waals surface area contributed by atoms with E-state index < -0.39 is 0 Å². The summed E-state index contributed by atoms with van der Waals surface area (Å²) >= 11 is 0. The molecule has 0 spiro atoms. The van der Waals surface area contributed by atoms with E-state index in [9.17, 15) is 0 Å². The first-order valence-corrected chi connectivity index (χ1v) is 14.1. The van der Waals surface area contributed by atoms with Crippen molar-refractivity contribution in [2.45, 2.75) is 103 Å². The number of hydrogen-bond donors (Lipinski definition) is 1. The highest BCUT2D eigenvalue weighted by Crippen LogP contribution is 2.15. The van der Waals surface area contributed by atoms with Gasteiger partial charge in [-0.2, -0.15) is 0 Å². The third kappa shape index (κ3) is 24.8. The smallest absolute Gasteiger partial charge is 0.104 e. The van der Waals surface area contributed by atoms with Crippen LogP contribution in [0, 0.1) is 0 Å². The van der Waals surface area contributed by atoms with Crippen LogP contribution in [-0.4, -0.2) is 25.1 Å². The van der Waals surface area contributed by atoms with Gasteiger partial charge in [0, 0.05) is 5.56 Å². The first-order chi connectivity index (χ1) is 16.6. The number of unbranched alkanes of at least 4 members (excludes halogenated alkanes) is 13. The molecule has 2 aromatic rings. The first kappa shape index (κ1) is 40.2. The summed E-state index contributed by atoms with van der Waals surface area (Å²) < 4.78 is 1.11. The van der Waals surface area contributed by atoms with Crippen LogP contribution in [0.5, 0.6) is 0 Å². The van der Waals surface area contributed by atoms with E-state index in [0.717, 1.165) is 11.0 Å². The standard InChI is InChI=1S/C25H46N.C8H8.2ClH.H3N/c1-4-5-6-7-8-9-10-11-12-13-14-15-16-20-23-26(2,3)24-25-21-18-17-19-22-25;1-2-8-6-4-3-5-7-8;;;/h17-19,21-22H,4-16,20,23-24H2,1-3H3;2-7H,1H2;2*1H;1H3/q+1;;;;/p-1. The van der Waals surface area contributed by atoms with Crippen LogP contribution in [0.25, 0.3) is 6.08 Å². The third-order valence-corrected chi connectivity index (χ3v) is 6.61. The largest absolute Gasteiger partial charge is 1.00 e. The normalized spacial score (nSPS) is 10.1. The first-order valence-electron chi connectivity index (χ1n) is 14.1. The van der Waals surface area contributed by atoms with Crippen LogP contribution in [0.1, 0.15) is 108 Å². The highest BCUT2D eigenvalue weighted by atomic mass is 35.5. The van der Waals surface area contributed by atoms with Gasteiger partial charge < -0.3 is 23.0 Å². The second kappa shape index (κ2) is 27.7. The van der Waals surface area contributed by atoms with Gasteiger partial charge in [-0.1, -0.05) is 157 Å². The molecule has 0 heterocycles. The predicted octanol–water partition coefficient (Wildman–Crippen LogP) is 7.66. The van der Waals surface area contributed by atoms with Crippen LogP contribution in [-0.2, 0) is 6.54 Å². The number of rotatable bonds is 18. The SMILES string of the molecule is C=Cc1ccccc1.CCCCCCCCCCCCCCCC[N+](C)(C)Cc1ccccc1.Cl.N.[Cl-]. The third-order valence-electron chi connectivity index (χ3n) is 6.61. The van der Waals surface area contributed by atoms with Crippen molar-refractivity contribution in [1.82, 2.24) is 6.15 Å². The Hall–Kier alpha value is -1.32. The summed E-state index contributed by atoms with van der Waals surface area (Å²) in [5, 5.41) is 0. The summed E-state index contributed by atoms with van der Waals surface area (Å²) in [7, 11) is 4.74. The zero-order valence-electron chi connectivity index (χ0n) is 24.3. The molecule has 0 aliphatic carbocycles. The van der Waals surface area contributed by atoms with E-state index in [1.54, 1.807) is 0 Å². The molecule has 0 aliphatic heterocycles. The molecule has 4 heteroatoms. The lowest BCUT2D eigenvalue weighted by Gasteiger charge is -2.30. The highest BCUT2D eigenvalue weighted by molar-refractivity contribution is 5.85. The maximum Gasteiger partial charge on any atom is 0.104 e. The molecule has 0 bridgehead atoms. The average Bonchev–Trinajstić information content (AvgIpc) is 2.85. The Labute approximate surface area is 243 Å². The topological polar surface area (TPSA) is 35.0 Å². The Morgan fingerprint density at radius 2 is 1.00 bits per heavy atom. The molecule has 0 fully saturated rings. The van der Waals surface area contributed by atoms with E-state index in [-0.39, 0.29) is 31.0 Å². The molecular weight excluding hydrogens is 495 g/mol. The zero-order chi connectivity index (χ0) is 24.7. The second-order valence-corrected chi connectivity index (χ2v) is 10.5. The maximum atomic E-state index is 3.63. The molecule has 37 heavy (non-hydrogen) atoms. The molecule has 0 amide bonds. The van der Waals surface area contributed by atoms with E-state index in [0.29, 0.717) is 0 Å². The molecular formula is C33H58Cl2N2. The summed E-state index contributed by atoms with van der Waals surface area (Å²) in [6.45, 7) is 8.38. The lowest BCUT2D eigenvalue weighted by molar-refractivity contribution is -0.903. The molecule has 0 aliphatic rings. The van der Waals surface area contributed by atoms with Gasteiger partial charge in [0.2, 0.25) is 0 Å². The van der Waals surface area contributed by atoms with E-state index >= 15 is 0 Å². The van der Waals surface area contributed by atoms with Crippen molar-refractivity contribution in [2.24, 2.45) is 0 Å². The van der Waals surface area contributed by atoms with Gasteiger partial charge in [0.1, 0.15) is 6.54 Å². The maximum absolute atomic E-state index is 3.63. The van der Waals surface area contributed by atoms with Crippen LogP contribution in [0.15, 0.2) is 67.2 Å². The lowest BCUT2D eigenvalue weighted by Crippen LogP contribution is -3.00. The Morgan fingerprint density at radius 3 is 1.38 bits per heavy atom. The Morgan fingerprint density at radius 1 is 0.622 bits per heavy atom. The molecule has 2 aromatic carbocycles. The van der Waals surface area contributed by atoms with Crippen molar-refractivity contribution in [1.29, 1.82) is 0 Å². The van der Waals surface area contributed by atoms with Crippen LogP contribution >= 0.6 is 12.4 Å². The van der Waals surface area contributed by atoms with Crippen molar-refractivity contribution >= 4 is 18.5 Å². The molecule has 2 rings (SSSR count). The van der Waals surface area contributed by atoms with Crippen LogP contribution in [0.2, 0.25) is 0 Å². The summed E-state index contributed by atoms with van der Waals surface area (Å²) in [6.07, 6.45) is 22.0. The van der Waals surface area contributed by atoms with Crippen molar-refractivity contribution in [3.05, 3.63) is 78.4 Å². The fourth-order valence-corrected chi connectivity index (χ4v) is 4.48. The minimum absolute atomic E-state index is 0. The number of nitrogens with zero attached hydrogens (tertiary/aromatic N) is 1. The van der Waals surface area contributed by atoms with Gasteiger partial charge in [-0.15, -0.1) is 12.4 Å². The molecule has 0 atom stereocenters. The fraction of sp³-hybridized carbons (Fsp3) is 0.576. The Balaban J connectivity index is -0.000000897. The quantitative estimate of drug-likeness (QED) is 0.149. The van der Waals surface area contributed by atoms with Crippen LogP contribution in [0.3, 0.4) is 0 Å². The predicted molar refractivity (Wildman–Crippen MR) is 166 cm³/mol. The number of hydrogen-bond acceptors (Lipinski definition) is 1. The molecule has 0 aromatic heterocycles. The van der Waals surface area contributed by atoms with E-state index in [4.69, 9.17) is 0 Å². The van der Waals surface area contributed by atoms with Crippen LogP contribution < -0.4 is 18.6 Å². The lowest BCUT2D eigenvalue weighted by atomic mass is 10.0. The summed E-state index contributed by atoms with van der Waals surface area (Å²) in [6, 6.07) is 21.0. The summed E-state index contributed by atoms with van der Waals surface area (Å²) in [5.41, 5.74) is 2.63. The summed E-state index contributed by atoms with van der Waals surface area (Å²) in [4.78, 5) is 0. The van der Waals surface area contributed by atoms with Gasteiger partial charge >= 0.3 is 0 Å². The molecule has 0 unspecified atom stereocenters. The van der Waals surface area contributed by atoms with E-state index in [2.05, 4.69) is 57.9 Å². The molecule has 3 N–H and O–H groups in total. The van der Waals surface area contributed by atoms with Crippen molar-refractivity contribution in [2.75, 3.05) is 20.6 Å². The van der Waals surface area contributed by atoms with Gasteiger partial charge in [-0.05, 0) is 18.4 Å². The van der Waals surface area contributed by atoms with Gasteiger partial charge in [0.15, 0.2) is 0 Å². The van der Waals surface area contributed by atoms with E-state index in [1.165, 1.54) is 108 Å². The summed E-state index contributed by atoms with van der Waals surface area (Å²) in [5.74, 6) is 0. The van der Waals surface area contributed by atoms with Gasteiger partial charge in [0.05, 0.1) is 20.6 Å². The monoisotopic (exact) mass is 552 g/mol. The minimum atomic E-state index is 0. The molecule has 2 nitrogen and oxygen atoms in total. The Kier molecular flexibility index (Phi) is 30.1. The van der Waals surface area contributed by atoms with Crippen molar-refractivity contribution < 1.29 is 16.9 Å². The molecule has 214 valence electrons. The second-order valence-electron chi connectivity index (χ2n) is 10.5. The van der Waals surface area contributed by atoms with E-state index in [1.807, 2.05) is 36.4 Å². The van der Waals surface area contributed by atoms with Gasteiger partial charge in [0.25, 0.3) is 0 Å². The van der Waals surface area contributed by atoms with Gasteiger partial charge in [-0.3, -0.25) is 0 Å². The minimum Gasteiger partial charge on any atom is -1.00 e. The average molecular weight is 554 g/mol. The number of halogens is 2. The fourth-order valence-electron chi connectivity index (χ4n) is 4.48. The Bertz CT molecular complexity index is 705. The van der Waals surface area contributed by atoms with Crippen molar-refractivity contribution in [3.8, 4) is 0 Å². The van der Waals surface area contributed by atoms with Crippen LogP contribution in [0.4, 0.5) is 0 Å². The number of benzene rings is 2. The van der Waals surface area contributed by atoms with Crippen molar-refractivity contribution in [3.63, 3.8) is 0 Å². The zero-order valence-corrected chi connectivity index (χ0v) is 25.9. The number of quaternary nitrogens is 1. The van der Waals surface area contributed by atoms with Gasteiger partial charge in [-0.25, -0.2) is 0 Å². The highest BCUT2D eigenvalue weighted by Gasteiger charge is 2.14. The molecule has 0 saturated carbocycles.